The third-order valence-corrected chi connectivity index (χ3v) is 4.44. The van der Waals surface area contributed by atoms with Crippen molar-refractivity contribution in [1.82, 2.24) is 5.32 Å². The van der Waals surface area contributed by atoms with Gasteiger partial charge >= 0.3 is 0 Å². The minimum Gasteiger partial charge on any atom is -0.346 e. The number of alkyl halides is 1. The van der Waals surface area contributed by atoms with E-state index < -0.39 is 0 Å². The van der Waals surface area contributed by atoms with Gasteiger partial charge in [-0.1, -0.05) is 13.0 Å². The highest BCUT2D eigenvalue weighted by molar-refractivity contribution is 6.18. The lowest BCUT2D eigenvalue weighted by Gasteiger charge is -2.27. The topological polar surface area (TPSA) is 29.1 Å². The molecular weight excluding hydrogens is 246 g/mol. The van der Waals surface area contributed by atoms with Crippen molar-refractivity contribution in [2.24, 2.45) is 0 Å². The van der Waals surface area contributed by atoms with Gasteiger partial charge in [-0.2, -0.15) is 0 Å². The van der Waals surface area contributed by atoms with Crippen LogP contribution >= 0.6 is 11.6 Å². The molecule has 2 nitrogen and oxygen atoms in total. The van der Waals surface area contributed by atoms with Gasteiger partial charge in [0.05, 0.1) is 5.54 Å². The summed E-state index contributed by atoms with van der Waals surface area (Å²) in [6, 6.07) is 6.03. The largest absolute Gasteiger partial charge is 0.346 e. The van der Waals surface area contributed by atoms with Crippen molar-refractivity contribution in [3.8, 4) is 0 Å². The highest BCUT2D eigenvalue weighted by atomic mass is 35.5. The van der Waals surface area contributed by atoms with Crippen LogP contribution in [0, 0.1) is 0 Å². The summed E-state index contributed by atoms with van der Waals surface area (Å²) < 4.78 is 0. The van der Waals surface area contributed by atoms with Crippen molar-refractivity contribution >= 4 is 17.5 Å². The van der Waals surface area contributed by atoms with Crippen molar-refractivity contribution in [3.05, 3.63) is 34.9 Å². The number of aryl methyl sites for hydroxylation is 2. The normalized spacial score (nSPS) is 17.1. The van der Waals surface area contributed by atoms with E-state index in [9.17, 15) is 4.79 Å². The maximum Gasteiger partial charge on any atom is 0.251 e. The average molecular weight is 266 g/mol. The summed E-state index contributed by atoms with van der Waals surface area (Å²) in [6.45, 7) is 4.01. The molecule has 0 saturated carbocycles. The summed E-state index contributed by atoms with van der Waals surface area (Å²) in [7, 11) is 0. The van der Waals surface area contributed by atoms with Crippen molar-refractivity contribution in [2.45, 2.75) is 45.1 Å². The van der Waals surface area contributed by atoms with E-state index in [1.807, 2.05) is 26.0 Å². The van der Waals surface area contributed by atoms with E-state index >= 15 is 0 Å². The lowest BCUT2D eigenvalue weighted by atomic mass is 10.00. The number of rotatable bonds is 4. The molecule has 1 aliphatic rings. The standard InChI is InChI=1S/C15H20ClNO/c1-3-15(2,10-16)17-14(18)13-8-7-11-5-4-6-12(11)9-13/h7-9H,3-6,10H2,1-2H3,(H,17,18). The Kier molecular flexibility index (Phi) is 3.96. The van der Waals surface area contributed by atoms with Gasteiger partial charge in [0.2, 0.25) is 0 Å². The van der Waals surface area contributed by atoms with Crippen molar-refractivity contribution in [1.29, 1.82) is 0 Å². The van der Waals surface area contributed by atoms with Crippen LogP contribution in [0.5, 0.6) is 0 Å². The third kappa shape index (κ3) is 2.69. The number of hydrogen-bond acceptors (Lipinski definition) is 1. The van der Waals surface area contributed by atoms with Gasteiger partial charge in [0.15, 0.2) is 0 Å². The Bertz CT molecular complexity index is 452. The molecule has 1 atom stereocenters. The van der Waals surface area contributed by atoms with Crippen molar-refractivity contribution in [3.63, 3.8) is 0 Å². The summed E-state index contributed by atoms with van der Waals surface area (Å²) in [5.74, 6) is 0.412. The van der Waals surface area contributed by atoms with Crippen LogP contribution in [0.4, 0.5) is 0 Å². The summed E-state index contributed by atoms with van der Waals surface area (Å²) in [4.78, 5) is 12.2. The molecule has 0 radical (unpaired) electrons. The molecule has 0 aromatic heterocycles. The smallest absolute Gasteiger partial charge is 0.251 e. The Morgan fingerprint density at radius 3 is 2.78 bits per heavy atom. The molecule has 1 aromatic rings. The summed E-state index contributed by atoms with van der Waals surface area (Å²) in [5, 5.41) is 3.03. The van der Waals surface area contributed by atoms with Crippen LogP contribution in [0.1, 0.15) is 48.2 Å². The maximum absolute atomic E-state index is 12.2. The number of amides is 1. The van der Waals surface area contributed by atoms with Gasteiger partial charge in [-0.15, -0.1) is 11.6 Å². The Morgan fingerprint density at radius 1 is 1.39 bits per heavy atom. The first-order valence-electron chi connectivity index (χ1n) is 6.58. The van der Waals surface area contributed by atoms with Crippen LogP contribution in [-0.4, -0.2) is 17.3 Å². The second-order valence-corrected chi connectivity index (χ2v) is 5.61. The van der Waals surface area contributed by atoms with Gasteiger partial charge in [-0.3, -0.25) is 4.79 Å². The lowest BCUT2D eigenvalue weighted by molar-refractivity contribution is 0.0912. The van der Waals surface area contributed by atoms with Gasteiger partial charge < -0.3 is 5.32 Å². The lowest BCUT2D eigenvalue weighted by Crippen LogP contribution is -2.47. The SMILES string of the molecule is CCC(C)(CCl)NC(=O)c1ccc2c(c1)CCC2. The zero-order valence-electron chi connectivity index (χ0n) is 11.1. The van der Waals surface area contributed by atoms with Crippen molar-refractivity contribution < 1.29 is 4.79 Å². The number of nitrogens with one attached hydrogen (secondary N) is 1. The number of carbonyl (C=O) groups is 1. The molecular formula is C15H20ClNO. The predicted molar refractivity (Wildman–Crippen MR) is 75.3 cm³/mol. The minimum absolute atomic E-state index is 0.0188. The minimum atomic E-state index is -0.322. The molecule has 3 heteroatoms. The molecule has 1 aromatic carbocycles. The van der Waals surface area contributed by atoms with Gasteiger partial charge in [-0.25, -0.2) is 0 Å². The Morgan fingerprint density at radius 2 is 2.11 bits per heavy atom. The first-order valence-corrected chi connectivity index (χ1v) is 7.12. The molecule has 98 valence electrons. The van der Waals surface area contributed by atoms with Crippen LogP contribution in [-0.2, 0) is 12.8 Å². The fourth-order valence-corrected chi connectivity index (χ4v) is 2.53. The Balaban J connectivity index is 2.14. The molecule has 1 aliphatic carbocycles. The first kappa shape index (κ1) is 13.4. The van der Waals surface area contributed by atoms with Gasteiger partial charge in [0.25, 0.3) is 5.91 Å². The molecule has 0 bridgehead atoms. The number of halogens is 1. The molecule has 1 unspecified atom stereocenters. The van der Waals surface area contributed by atoms with E-state index in [1.54, 1.807) is 0 Å². The second kappa shape index (κ2) is 5.31. The van der Waals surface area contributed by atoms with Crippen LogP contribution in [0.15, 0.2) is 18.2 Å². The van der Waals surface area contributed by atoms with Crippen LogP contribution in [0.2, 0.25) is 0 Å². The van der Waals surface area contributed by atoms with Crippen LogP contribution in [0.25, 0.3) is 0 Å². The number of carbonyl (C=O) groups excluding carboxylic acids is 1. The van der Waals surface area contributed by atoms with E-state index in [0.29, 0.717) is 5.88 Å². The zero-order valence-corrected chi connectivity index (χ0v) is 11.8. The van der Waals surface area contributed by atoms with Crippen molar-refractivity contribution in [2.75, 3.05) is 5.88 Å². The predicted octanol–water partition coefficient (Wildman–Crippen LogP) is 3.31. The molecule has 18 heavy (non-hydrogen) atoms. The fraction of sp³-hybridized carbons (Fsp3) is 0.533. The highest BCUT2D eigenvalue weighted by Crippen LogP contribution is 2.23. The second-order valence-electron chi connectivity index (χ2n) is 5.34. The summed E-state index contributed by atoms with van der Waals surface area (Å²) in [5.41, 5.74) is 3.15. The molecule has 2 rings (SSSR count). The summed E-state index contributed by atoms with van der Waals surface area (Å²) in [6.07, 6.45) is 4.27. The molecule has 0 aliphatic heterocycles. The maximum atomic E-state index is 12.2. The quantitative estimate of drug-likeness (QED) is 0.832. The zero-order chi connectivity index (χ0) is 13.2. The van der Waals surface area contributed by atoms with Crippen LogP contribution < -0.4 is 5.32 Å². The van der Waals surface area contributed by atoms with E-state index in [-0.39, 0.29) is 11.4 Å². The monoisotopic (exact) mass is 265 g/mol. The fourth-order valence-electron chi connectivity index (χ4n) is 2.28. The molecule has 0 saturated heterocycles. The molecule has 1 N–H and O–H groups in total. The average Bonchev–Trinajstić information content (AvgIpc) is 2.85. The van der Waals surface area contributed by atoms with Gasteiger partial charge in [0.1, 0.15) is 0 Å². The van der Waals surface area contributed by atoms with E-state index in [0.717, 1.165) is 24.8 Å². The molecule has 0 heterocycles. The summed E-state index contributed by atoms with van der Waals surface area (Å²) >= 11 is 5.92. The molecule has 0 spiro atoms. The van der Waals surface area contributed by atoms with E-state index in [1.165, 1.54) is 17.5 Å². The van der Waals surface area contributed by atoms with Gasteiger partial charge in [0, 0.05) is 11.4 Å². The Hall–Kier alpha value is -1.02. The van der Waals surface area contributed by atoms with Gasteiger partial charge in [-0.05, 0) is 55.9 Å². The number of benzene rings is 1. The molecule has 0 fully saturated rings. The third-order valence-electron chi connectivity index (χ3n) is 3.85. The molecule has 1 amide bonds. The highest BCUT2D eigenvalue weighted by Gasteiger charge is 2.24. The van der Waals surface area contributed by atoms with Crippen LogP contribution in [0.3, 0.4) is 0 Å². The van der Waals surface area contributed by atoms with E-state index in [4.69, 9.17) is 11.6 Å². The number of fused-ring (bicyclic) bond motifs is 1. The van der Waals surface area contributed by atoms with E-state index in [2.05, 4.69) is 11.4 Å². The number of hydrogen-bond donors (Lipinski definition) is 1. The first-order chi connectivity index (χ1) is 8.58. The Labute approximate surface area is 114 Å².